The van der Waals surface area contributed by atoms with Crippen LogP contribution in [0.4, 0.5) is 11.4 Å². The Labute approximate surface area is 99.2 Å². The first-order valence-electron chi connectivity index (χ1n) is 5.22. The van der Waals surface area contributed by atoms with Crippen LogP contribution in [0.15, 0.2) is 18.2 Å². The molecule has 1 rings (SSSR count). The molecular formula is C11H17N3O3. The molecule has 6 nitrogen and oxygen atoms in total. The lowest BCUT2D eigenvalue weighted by molar-refractivity contribution is -0.121. The van der Waals surface area contributed by atoms with E-state index in [9.17, 15) is 4.79 Å². The average molecular weight is 239 g/mol. The zero-order valence-corrected chi connectivity index (χ0v) is 9.39. The molecule has 17 heavy (non-hydrogen) atoms. The normalized spacial score (nSPS) is 12.1. The summed E-state index contributed by atoms with van der Waals surface area (Å²) in [7, 11) is 0. The molecule has 1 aromatic rings. The van der Waals surface area contributed by atoms with Gasteiger partial charge in [0.1, 0.15) is 0 Å². The minimum absolute atomic E-state index is 0.0181. The predicted molar refractivity (Wildman–Crippen MR) is 65.1 cm³/mol. The van der Waals surface area contributed by atoms with E-state index < -0.39 is 6.10 Å². The maximum atomic E-state index is 11.5. The van der Waals surface area contributed by atoms with E-state index in [1.54, 1.807) is 18.2 Å². The topological polar surface area (TPSA) is 122 Å². The number of hydrogen-bond donors (Lipinski definition) is 5. The van der Waals surface area contributed by atoms with Gasteiger partial charge in [-0.1, -0.05) is 6.07 Å². The summed E-state index contributed by atoms with van der Waals surface area (Å²) in [5.41, 5.74) is 12.9. The highest BCUT2D eigenvalue weighted by Crippen LogP contribution is 2.15. The largest absolute Gasteiger partial charge is 0.399 e. The van der Waals surface area contributed by atoms with Crippen molar-refractivity contribution in [2.45, 2.75) is 12.5 Å². The summed E-state index contributed by atoms with van der Waals surface area (Å²) in [4.78, 5) is 11.5. The average Bonchev–Trinajstić information content (AvgIpc) is 2.29. The number of nitrogens with one attached hydrogen (secondary N) is 1. The van der Waals surface area contributed by atoms with Gasteiger partial charge in [-0.3, -0.25) is 4.79 Å². The van der Waals surface area contributed by atoms with Crippen molar-refractivity contribution in [3.05, 3.63) is 23.8 Å². The van der Waals surface area contributed by atoms with Gasteiger partial charge in [0.15, 0.2) is 0 Å². The Morgan fingerprint density at radius 1 is 1.41 bits per heavy atom. The summed E-state index contributed by atoms with van der Waals surface area (Å²) in [6.07, 6.45) is -0.827. The van der Waals surface area contributed by atoms with Crippen molar-refractivity contribution in [1.29, 1.82) is 0 Å². The molecule has 7 N–H and O–H groups in total. The fourth-order valence-corrected chi connectivity index (χ4v) is 1.31. The summed E-state index contributed by atoms with van der Waals surface area (Å²) >= 11 is 0. The summed E-state index contributed by atoms with van der Waals surface area (Å²) in [6, 6.07) is 4.94. The maximum Gasteiger partial charge on any atom is 0.224 e. The molecule has 0 aliphatic heterocycles. The van der Waals surface area contributed by atoms with E-state index in [4.69, 9.17) is 21.7 Å². The van der Waals surface area contributed by atoms with Crippen LogP contribution in [-0.4, -0.2) is 35.4 Å². The van der Waals surface area contributed by atoms with Crippen molar-refractivity contribution < 1.29 is 15.0 Å². The molecule has 0 aliphatic rings. The van der Waals surface area contributed by atoms with Gasteiger partial charge in [0.25, 0.3) is 0 Å². The number of nitrogens with two attached hydrogens (primary N) is 2. The number of rotatable bonds is 5. The fourth-order valence-electron chi connectivity index (χ4n) is 1.31. The van der Waals surface area contributed by atoms with Gasteiger partial charge >= 0.3 is 0 Å². The summed E-state index contributed by atoms with van der Waals surface area (Å²) in [5.74, 6) is -0.269. The number of anilines is 2. The predicted octanol–water partition coefficient (Wildman–Crippen LogP) is -1.14. The molecular weight excluding hydrogens is 222 g/mol. The van der Waals surface area contributed by atoms with Gasteiger partial charge in [0, 0.05) is 17.9 Å². The Bertz CT molecular complexity index is 396. The quantitative estimate of drug-likeness (QED) is 0.416. The molecule has 0 aromatic heterocycles. The second-order valence-corrected chi connectivity index (χ2v) is 3.78. The SMILES string of the molecule is Nc1ccc(CC(=O)NCC(O)CO)c(N)c1. The number of carbonyl (C=O) groups excluding carboxylic acids is 1. The van der Waals surface area contributed by atoms with Gasteiger partial charge in [0.05, 0.1) is 19.1 Å². The fraction of sp³-hybridized carbons (Fsp3) is 0.364. The third-order valence-corrected chi connectivity index (χ3v) is 2.27. The van der Waals surface area contributed by atoms with E-state index in [1.165, 1.54) is 0 Å². The van der Waals surface area contributed by atoms with E-state index in [-0.39, 0.29) is 25.5 Å². The number of aliphatic hydroxyl groups is 2. The van der Waals surface area contributed by atoms with Gasteiger partial charge < -0.3 is 27.0 Å². The van der Waals surface area contributed by atoms with Crippen LogP contribution < -0.4 is 16.8 Å². The molecule has 94 valence electrons. The molecule has 0 aliphatic carbocycles. The molecule has 0 saturated heterocycles. The molecule has 6 heteroatoms. The molecule has 0 saturated carbocycles. The monoisotopic (exact) mass is 239 g/mol. The number of amides is 1. The van der Waals surface area contributed by atoms with Gasteiger partial charge in [0.2, 0.25) is 5.91 Å². The van der Waals surface area contributed by atoms with E-state index in [0.717, 1.165) is 0 Å². The molecule has 1 unspecified atom stereocenters. The lowest BCUT2D eigenvalue weighted by Gasteiger charge is -2.10. The van der Waals surface area contributed by atoms with Crippen LogP contribution in [0.25, 0.3) is 0 Å². The van der Waals surface area contributed by atoms with E-state index in [2.05, 4.69) is 5.32 Å². The Balaban J connectivity index is 2.50. The second kappa shape index (κ2) is 6.07. The van der Waals surface area contributed by atoms with Crippen LogP contribution in [0.5, 0.6) is 0 Å². The molecule has 1 atom stereocenters. The van der Waals surface area contributed by atoms with Gasteiger partial charge in [-0.25, -0.2) is 0 Å². The summed E-state index contributed by atoms with van der Waals surface area (Å²) < 4.78 is 0. The summed E-state index contributed by atoms with van der Waals surface area (Å²) in [5, 5.41) is 20.1. The van der Waals surface area contributed by atoms with E-state index in [1.807, 2.05) is 0 Å². The first kappa shape index (κ1) is 13.3. The lowest BCUT2D eigenvalue weighted by Crippen LogP contribution is -2.34. The Morgan fingerprint density at radius 3 is 2.71 bits per heavy atom. The van der Waals surface area contributed by atoms with Crippen molar-refractivity contribution in [3.63, 3.8) is 0 Å². The Morgan fingerprint density at radius 2 is 2.12 bits per heavy atom. The van der Waals surface area contributed by atoms with Crippen molar-refractivity contribution in [3.8, 4) is 0 Å². The molecule has 0 bridgehead atoms. The van der Waals surface area contributed by atoms with E-state index >= 15 is 0 Å². The summed E-state index contributed by atoms with van der Waals surface area (Å²) in [6.45, 7) is -0.367. The maximum absolute atomic E-state index is 11.5. The first-order chi connectivity index (χ1) is 8.02. The minimum atomic E-state index is -0.942. The van der Waals surface area contributed by atoms with Crippen LogP contribution in [0.1, 0.15) is 5.56 Å². The molecule has 0 fully saturated rings. The third kappa shape index (κ3) is 4.29. The van der Waals surface area contributed by atoms with Crippen LogP contribution in [0.2, 0.25) is 0 Å². The number of hydrogen-bond acceptors (Lipinski definition) is 5. The standard InChI is InChI=1S/C11H17N3O3/c12-8-2-1-7(10(13)4-8)3-11(17)14-5-9(16)6-15/h1-2,4,9,15-16H,3,5-6,12-13H2,(H,14,17). The van der Waals surface area contributed by atoms with Crippen LogP contribution >= 0.6 is 0 Å². The zero-order valence-electron chi connectivity index (χ0n) is 9.39. The van der Waals surface area contributed by atoms with Crippen molar-refractivity contribution >= 4 is 17.3 Å². The number of carbonyl (C=O) groups is 1. The number of benzene rings is 1. The third-order valence-electron chi connectivity index (χ3n) is 2.27. The molecule has 1 amide bonds. The molecule has 0 spiro atoms. The minimum Gasteiger partial charge on any atom is -0.399 e. The van der Waals surface area contributed by atoms with Crippen molar-refractivity contribution in [2.75, 3.05) is 24.6 Å². The smallest absolute Gasteiger partial charge is 0.224 e. The highest BCUT2D eigenvalue weighted by atomic mass is 16.3. The zero-order chi connectivity index (χ0) is 12.8. The van der Waals surface area contributed by atoms with Crippen LogP contribution in [0, 0.1) is 0 Å². The van der Waals surface area contributed by atoms with Crippen molar-refractivity contribution in [2.24, 2.45) is 0 Å². The van der Waals surface area contributed by atoms with E-state index in [0.29, 0.717) is 16.9 Å². The van der Waals surface area contributed by atoms with Crippen molar-refractivity contribution in [1.82, 2.24) is 5.32 Å². The van der Waals surface area contributed by atoms with Crippen LogP contribution in [0.3, 0.4) is 0 Å². The molecule has 0 radical (unpaired) electrons. The number of aliphatic hydroxyl groups excluding tert-OH is 2. The highest BCUT2D eigenvalue weighted by molar-refractivity contribution is 5.80. The Kier molecular flexibility index (Phi) is 4.74. The highest BCUT2D eigenvalue weighted by Gasteiger charge is 2.08. The van der Waals surface area contributed by atoms with Gasteiger partial charge in [-0.05, 0) is 17.7 Å². The second-order valence-electron chi connectivity index (χ2n) is 3.78. The number of nitrogen functional groups attached to an aromatic ring is 2. The molecule has 0 heterocycles. The van der Waals surface area contributed by atoms with Gasteiger partial charge in [-0.15, -0.1) is 0 Å². The molecule has 1 aromatic carbocycles. The lowest BCUT2D eigenvalue weighted by atomic mass is 10.1. The van der Waals surface area contributed by atoms with Crippen LogP contribution in [-0.2, 0) is 11.2 Å². The first-order valence-corrected chi connectivity index (χ1v) is 5.22. The Hall–Kier alpha value is -1.79. The van der Waals surface area contributed by atoms with Gasteiger partial charge in [-0.2, -0.15) is 0 Å².